The lowest BCUT2D eigenvalue weighted by Gasteiger charge is -2.14. The Kier molecular flexibility index (Phi) is 4.33. The minimum atomic E-state index is -0.138. The van der Waals surface area contributed by atoms with Gasteiger partial charge in [-0.15, -0.1) is 5.10 Å². The van der Waals surface area contributed by atoms with Gasteiger partial charge in [-0.3, -0.25) is 9.20 Å². The third kappa shape index (κ3) is 3.21. The summed E-state index contributed by atoms with van der Waals surface area (Å²) in [6, 6.07) is 6.08. The SMILES string of the molecule is CCC(CC)NC(=O)COc1nnc2ccccn12. The van der Waals surface area contributed by atoms with Crippen molar-refractivity contribution in [1.29, 1.82) is 0 Å². The van der Waals surface area contributed by atoms with Crippen molar-refractivity contribution in [3.63, 3.8) is 0 Å². The third-order valence-corrected chi connectivity index (χ3v) is 2.97. The highest BCUT2D eigenvalue weighted by Crippen LogP contribution is 2.09. The Morgan fingerprint density at radius 1 is 1.37 bits per heavy atom. The molecule has 0 atom stereocenters. The van der Waals surface area contributed by atoms with Gasteiger partial charge in [-0.1, -0.05) is 25.0 Å². The Balaban J connectivity index is 1.93. The average Bonchev–Trinajstić information content (AvgIpc) is 2.86. The number of carbonyl (C=O) groups excluding carboxylic acids is 1. The normalized spacial score (nSPS) is 10.9. The van der Waals surface area contributed by atoms with E-state index in [-0.39, 0.29) is 18.6 Å². The fourth-order valence-electron chi connectivity index (χ4n) is 1.81. The van der Waals surface area contributed by atoms with Crippen LogP contribution in [0.2, 0.25) is 0 Å². The second-order valence-corrected chi connectivity index (χ2v) is 4.28. The second-order valence-electron chi connectivity index (χ2n) is 4.28. The molecule has 0 aliphatic rings. The Morgan fingerprint density at radius 2 is 2.16 bits per heavy atom. The summed E-state index contributed by atoms with van der Waals surface area (Å²) < 4.78 is 7.09. The molecule has 2 aromatic heterocycles. The van der Waals surface area contributed by atoms with Crippen molar-refractivity contribution >= 4 is 11.6 Å². The maximum Gasteiger partial charge on any atom is 0.322 e. The van der Waals surface area contributed by atoms with Gasteiger partial charge in [-0.05, 0) is 25.0 Å². The number of carbonyl (C=O) groups is 1. The number of nitrogens with one attached hydrogen (secondary N) is 1. The van der Waals surface area contributed by atoms with Crippen LogP contribution >= 0.6 is 0 Å². The zero-order valence-corrected chi connectivity index (χ0v) is 11.2. The van der Waals surface area contributed by atoms with Crippen molar-refractivity contribution in [2.24, 2.45) is 0 Å². The first kappa shape index (κ1) is 13.3. The first-order valence-electron chi connectivity index (χ1n) is 6.46. The number of hydrogen-bond acceptors (Lipinski definition) is 4. The molecule has 0 unspecified atom stereocenters. The molecule has 6 heteroatoms. The highest BCUT2D eigenvalue weighted by atomic mass is 16.5. The van der Waals surface area contributed by atoms with Gasteiger partial charge in [0.2, 0.25) is 0 Å². The van der Waals surface area contributed by atoms with E-state index in [1.807, 2.05) is 32.0 Å². The van der Waals surface area contributed by atoms with E-state index in [1.165, 1.54) is 0 Å². The number of rotatable bonds is 6. The smallest absolute Gasteiger partial charge is 0.322 e. The maximum absolute atomic E-state index is 11.7. The third-order valence-electron chi connectivity index (χ3n) is 2.97. The van der Waals surface area contributed by atoms with Gasteiger partial charge in [0.15, 0.2) is 12.3 Å². The van der Waals surface area contributed by atoms with Crippen molar-refractivity contribution in [2.45, 2.75) is 32.7 Å². The highest BCUT2D eigenvalue weighted by molar-refractivity contribution is 5.77. The standard InChI is InChI=1S/C13H18N4O2/c1-3-10(4-2)14-12(18)9-19-13-16-15-11-7-5-6-8-17(11)13/h5-8,10H,3-4,9H2,1-2H3,(H,14,18). The molecule has 0 radical (unpaired) electrons. The first-order chi connectivity index (χ1) is 9.24. The average molecular weight is 262 g/mol. The number of fused-ring (bicyclic) bond motifs is 1. The van der Waals surface area contributed by atoms with Crippen molar-refractivity contribution in [3.05, 3.63) is 24.4 Å². The monoisotopic (exact) mass is 262 g/mol. The van der Waals surface area contributed by atoms with Crippen LogP contribution in [0.15, 0.2) is 24.4 Å². The number of pyridine rings is 1. The van der Waals surface area contributed by atoms with E-state index in [9.17, 15) is 4.79 Å². The zero-order chi connectivity index (χ0) is 13.7. The molecule has 0 bridgehead atoms. The van der Waals surface area contributed by atoms with E-state index in [0.29, 0.717) is 11.7 Å². The van der Waals surface area contributed by atoms with Gasteiger partial charge in [-0.2, -0.15) is 0 Å². The molecular formula is C13H18N4O2. The minimum absolute atomic E-state index is 0.0494. The summed E-state index contributed by atoms with van der Waals surface area (Å²) in [6.07, 6.45) is 3.62. The number of hydrogen-bond donors (Lipinski definition) is 1. The van der Waals surface area contributed by atoms with Gasteiger partial charge in [-0.25, -0.2) is 0 Å². The molecular weight excluding hydrogens is 244 g/mol. The molecule has 102 valence electrons. The van der Waals surface area contributed by atoms with Crippen LogP contribution in [0.25, 0.3) is 5.65 Å². The molecule has 0 aromatic carbocycles. The largest absolute Gasteiger partial charge is 0.453 e. The zero-order valence-electron chi connectivity index (χ0n) is 11.2. The Morgan fingerprint density at radius 3 is 2.89 bits per heavy atom. The van der Waals surface area contributed by atoms with Crippen molar-refractivity contribution in [2.75, 3.05) is 6.61 Å². The predicted octanol–water partition coefficient (Wildman–Crippen LogP) is 1.41. The van der Waals surface area contributed by atoms with Crippen LogP contribution in [-0.2, 0) is 4.79 Å². The lowest BCUT2D eigenvalue weighted by atomic mass is 10.2. The van der Waals surface area contributed by atoms with Crippen LogP contribution in [0.4, 0.5) is 0 Å². The fraction of sp³-hybridized carbons (Fsp3) is 0.462. The van der Waals surface area contributed by atoms with Crippen LogP contribution in [0.3, 0.4) is 0 Å². The van der Waals surface area contributed by atoms with Gasteiger partial charge in [0.25, 0.3) is 5.91 Å². The molecule has 0 aliphatic heterocycles. The van der Waals surface area contributed by atoms with Gasteiger partial charge >= 0.3 is 6.01 Å². The molecule has 2 aromatic rings. The first-order valence-corrected chi connectivity index (χ1v) is 6.46. The van der Waals surface area contributed by atoms with E-state index in [2.05, 4.69) is 15.5 Å². The minimum Gasteiger partial charge on any atom is -0.453 e. The van der Waals surface area contributed by atoms with Gasteiger partial charge in [0, 0.05) is 12.2 Å². The number of ether oxygens (including phenoxy) is 1. The molecule has 2 rings (SSSR count). The second kappa shape index (κ2) is 6.17. The lowest BCUT2D eigenvalue weighted by molar-refractivity contribution is -0.124. The summed E-state index contributed by atoms with van der Waals surface area (Å²) in [6.45, 7) is 4.04. The van der Waals surface area contributed by atoms with Crippen molar-refractivity contribution in [1.82, 2.24) is 19.9 Å². The summed E-state index contributed by atoms with van der Waals surface area (Å²) >= 11 is 0. The van der Waals surface area contributed by atoms with Gasteiger partial charge < -0.3 is 10.1 Å². The Bertz CT molecular complexity index is 548. The Hall–Kier alpha value is -2.11. The van der Waals surface area contributed by atoms with Crippen LogP contribution in [0.1, 0.15) is 26.7 Å². The van der Waals surface area contributed by atoms with Crippen LogP contribution in [-0.4, -0.2) is 33.2 Å². The van der Waals surface area contributed by atoms with Crippen LogP contribution in [0.5, 0.6) is 6.01 Å². The molecule has 0 fully saturated rings. The molecule has 1 N–H and O–H groups in total. The van der Waals surface area contributed by atoms with Crippen molar-refractivity contribution in [3.8, 4) is 6.01 Å². The fourth-order valence-corrected chi connectivity index (χ4v) is 1.81. The summed E-state index contributed by atoms with van der Waals surface area (Å²) in [5.74, 6) is -0.138. The highest BCUT2D eigenvalue weighted by Gasteiger charge is 2.11. The molecule has 6 nitrogen and oxygen atoms in total. The molecule has 2 heterocycles. The molecule has 19 heavy (non-hydrogen) atoms. The number of amides is 1. The van der Waals surface area contributed by atoms with Crippen LogP contribution < -0.4 is 10.1 Å². The van der Waals surface area contributed by atoms with E-state index < -0.39 is 0 Å². The number of nitrogens with zero attached hydrogens (tertiary/aromatic N) is 3. The van der Waals surface area contributed by atoms with Crippen LogP contribution in [0, 0.1) is 0 Å². The summed E-state index contributed by atoms with van der Waals surface area (Å²) in [5, 5.41) is 10.7. The lowest BCUT2D eigenvalue weighted by Crippen LogP contribution is -2.37. The van der Waals surface area contributed by atoms with Gasteiger partial charge in [0.05, 0.1) is 0 Å². The summed E-state index contributed by atoms with van der Waals surface area (Å²) in [5.41, 5.74) is 0.693. The quantitative estimate of drug-likeness (QED) is 0.854. The maximum atomic E-state index is 11.7. The Labute approximate surface area is 111 Å². The van der Waals surface area contributed by atoms with Gasteiger partial charge in [0.1, 0.15) is 0 Å². The molecule has 1 amide bonds. The summed E-state index contributed by atoms with van der Waals surface area (Å²) in [4.78, 5) is 11.7. The van der Waals surface area contributed by atoms with E-state index in [4.69, 9.17) is 4.74 Å². The van der Waals surface area contributed by atoms with E-state index in [0.717, 1.165) is 12.8 Å². The molecule has 0 aliphatic carbocycles. The number of aromatic nitrogens is 3. The summed E-state index contributed by atoms with van der Waals surface area (Å²) in [7, 11) is 0. The predicted molar refractivity (Wildman–Crippen MR) is 71.0 cm³/mol. The molecule has 0 saturated heterocycles. The van der Waals surface area contributed by atoms with Crippen molar-refractivity contribution < 1.29 is 9.53 Å². The molecule has 0 saturated carbocycles. The molecule has 0 spiro atoms. The van der Waals surface area contributed by atoms with E-state index in [1.54, 1.807) is 10.6 Å². The topological polar surface area (TPSA) is 68.5 Å². The van der Waals surface area contributed by atoms with E-state index >= 15 is 0 Å².